The lowest BCUT2D eigenvalue weighted by atomic mass is 9.85. The van der Waals surface area contributed by atoms with E-state index in [-0.39, 0.29) is 29.2 Å². The molecular formula is C21H27FN4O3. The summed E-state index contributed by atoms with van der Waals surface area (Å²) in [6.45, 7) is 2.40. The third-order valence-electron chi connectivity index (χ3n) is 5.38. The predicted octanol–water partition coefficient (Wildman–Crippen LogP) is 2.84. The van der Waals surface area contributed by atoms with Gasteiger partial charge in [-0.05, 0) is 43.7 Å². The van der Waals surface area contributed by atoms with Gasteiger partial charge < -0.3 is 20.4 Å². The third-order valence-corrected chi connectivity index (χ3v) is 5.38. The molecule has 2 amide bonds. The van der Waals surface area contributed by atoms with Gasteiger partial charge in [-0.3, -0.25) is 9.59 Å². The van der Waals surface area contributed by atoms with Crippen LogP contribution in [0, 0.1) is 11.7 Å². The molecule has 1 fully saturated rings. The molecule has 3 N–H and O–H groups in total. The zero-order valence-corrected chi connectivity index (χ0v) is 16.8. The second-order valence-electron chi connectivity index (χ2n) is 7.32. The molecule has 0 unspecified atom stereocenters. The van der Waals surface area contributed by atoms with Crippen LogP contribution in [0.4, 0.5) is 4.39 Å². The number of hydrogen-bond donors (Lipinski definition) is 3. The summed E-state index contributed by atoms with van der Waals surface area (Å²) < 4.78 is 19.2. The standard InChI is InChI=1S/C21H27FN4O3/c1-3-16-19(25-12-24-16)21(28)26-14-7-4-6-13(10-14)11-23-20(27)15-8-5-9-17(29-2)18(15)22/h5,8-9,12-14H,3-4,6-7,10-11H2,1-2H3,(H,23,27)(H,24,25)(H,26,28)/t13-,14+/m0/s1. The summed E-state index contributed by atoms with van der Waals surface area (Å²) in [5.41, 5.74) is 1.23. The van der Waals surface area contributed by atoms with E-state index in [1.54, 1.807) is 6.07 Å². The van der Waals surface area contributed by atoms with Gasteiger partial charge in [0.05, 0.1) is 19.0 Å². The molecule has 1 saturated carbocycles. The van der Waals surface area contributed by atoms with Crippen LogP contribution in [0.15, 0.2) is 24.5 Å². The van der Waals surface area contributed by atoms with Crippen LogP contribution in [0.3, 0.4) is 0 Å². The lowest BCUT2D eigenvalue weighted by Gasteiger charge is -2.29. The minimum absolute atomic E-state index is 0.0318. The van der Waals surface area contributed by atoms with E-state index in [1.807, 2.05) is 6.92 Å². The first-order chi connectivity index (χ1) is 14.0. The topological polar surface area (TPSA) is 96.1 Å². The van der Waals surface area contributed by atoms with Gasteiger partial charge >= 0.3 is 0 Å². The molecule has 0 spiro atoms. The Kier molecular flexibility index (Phi) is 6.85. The molecule has 1 aliphatic rings. The fraction of sp³-hybridized carbons (Fsp3) is 0.476. The Hall–Kier alpha value is -2.90. The maximum Gasteiger partial charge on any atom is 0.271 e. The lowest BCUT2D eigenvalue weighted by molar-refractivity contribution is 0.0896. The van der Waals surface area contributed by atoms with Crippen LogP contribution < -0.4 is 15.4 Å². The molecule has 0 radical (unpaired) electrons. The third kappa shape index (κ3) is 4.93. The molecule has 156 valence electrons. The van der Waals surface area contributed by atoms with Crippen molar-refractivity contribution < 1.29 is 18.7 Å². The van der Waals surface area contributed by atoms with Crippen molar-refractivity contribution in [3.8, 4) is 5.75 Å². The zero-order valence-electron chi connectivity index (χ0n) is 16.8. The van der Waals surface area contributed by atoms with E-state index in [0.717, 1.165) is 31.4 Å². The Balaban J connectivity index is 1.53. The van der Waals surface area contributed by atoms with Crippen LogP contribution in [0.25, 0.3) is 0 Å². The molecule has 29 heavy (non-hydrogen) atoms. The van der Waals surface area contributed by atoms with Gasteiger partial charge in [-0.25, -0.2) is 9.37 Å². The molecule has 0 bridgehead atoms. The van der Waals surface area contributed by atoms with E-state index >= 15 is 0 Å². The van der Waals surface area contributed by atoms with Crippen molar-refractivity contribution in [3.63, 3.8) is 0 Å². The minimum Gasteiger partial charge on any atom is -0.494 e. The highest BCUT2D eigenvalue weighted by Gasteiger charge is 2.26. The van der Waals surface area contributed by atoms with E-state index in [1.165, 1.54) is 25.6 Å². The van der Waals surface area contributed by atoms with Crippen molar-refractivity contribution in [1.29, 1.82) is 0 Å². The molecule has 2 atom stereocenters. The highest BCUT2D eigenvalue weighted by Crippen LogP contribution is 2.25. The normalized spacial score (nSPS) is 18.9. The number of carbonyl (C=O) groups excluding carboxylic acids is 2. The Morgan fingerprint density at radius 3 is 2.90 bits per heavy atom. The summed E-state index contributed by atoms with van der Waals surface area (Å²) in [4.78, 5) is 32.0. The van der Waals surface area contributed by atoms with Crippen LogP contribution in [0.2, 0.25) is 0 Å². The molecule has 7 nitrogen and oxygen atoms in total. The Labute approximate surface area is 169 Å². The Morgan fingerprint density at radius 1 is 1.31 bits per heavy atom. The molecular weight excluding hydrogens is 375 g/mol. The van der Waals surface area contributed by atoms with Crippen LogP contribution in [0.5, 0.6) is 5.75 Å². The van der Waals surface area contributed by atoms with E-state index in [4.69, 9.17) is 4.74 Å². The number of aromatic amines is 1. The summed E-state index contributed by atoms with van der Waals surface area (Å²) in [6, 6.07) is 4.53. The fourth-order valence-corrected chi connectivity index (χ4v) is 3.82. The molecule has 1 aromatic carbocycles. The van der Waals surface area contributed by atoms with Crippen LogP contribution in [-0.4, -0.2) is 41.5 Å². The minimum atomic E-state index is -0.660. The first kappa shape index (κ1) is 20.8. The molecule has 0 saturated heterocycles. The maximum absolute atomic E-state index is 14.2. The number of methoxy groups -OCH3 is 1. The van der Waals surface area contributed by atoms with Crippen molar-refractivity contribution in [3.05, 3.63) is 47.3 Å². The van der Waals surface area contributed by atoms with Crippen molar-refractivity contribution in [2.45, 2.75) is 45.1 Å². The number of rotatable bonds is 7. The smallest absolute Gasteiger partial charge is 0.271 e. The van der Waals surface area contributed by atoms with Crippen LogP contribution >= 0.6 is 0 Å². The average Bonchev–Trinajstić information content (AvgIpc) is 3.21. The number of benzene rings is 1. The van der Waals surface area contributed by atoms with Crippen molar-refractivity contribution in [1.82, 2.24) is 20.6 Å². The molecule has 0 aliphatic heterocycles. The Bertz CT molecular complexity index is 867. The lowest BCUT2D eigenvalue weighted by Crippen LogP contribution is -2.41. The average molecular weight is 402 g/mol. The van der Waals surface area contributed by atoms with Gasteiger partial charge in [-0.1, -0.05) is 19.4 Å². The Morgan fingerprint density at radius 2 is 2.14 bits per heavy atom. The number of imidazole rings is 1. The fourth-order valence-electron chi connectivity index (χ4n) is 3.82. The number of aromatic nitrogens is 2. The predicted molar refractivity (Wildman–Crippen MR) is 106 cm³/mol. The van der Waals surface area contributed by atoms with Gasteiger partial charge in [0.2, 0.25) is 0 Å². The monoisotopic (exact) mass is 402 g/mol. The largest absolute Gasteiger partial charge is 0.494 e. The first-order valence-corrected chi connectivity index (χ1v) is 9.97. The van der Waals surface area contributed by atoms with E-state index in [2.05, 4.69) is 20.6 Å². The number of hydrogen-bond acceptors (Lipinski definition) is 4. The number of nitrogens with one attached hydrogen (secondary N) is 3. The molecule has 8 heteroatoms. The van der Waals surface area contributed by atoms with Crippen molar-refractivity contribution >= 4 is 11.8 Å². The van der Waals surface area contributed by atoms with Gasteiger partial charge in [0.15, 0.2) is 11.6 Å². The number of aryl methyl sites for hydroxylation is 1. The summed E-state index contributed by atoms with van der Waals surface area (Å²) in [5, 5.41) is 5.87. The van der Waals surface area contributed by atoms with Gasteiger partial charge in [0.1, 0.15) is 5.69 Å². The quantitative estimate of drug-likeness (QED) is 0.664. The molecule has 1 aromatic heterocycles. The number of amides is 2. The second-order valence-corrected chi connectivity index (χ2v) is 7.32. The number of nitrogens with zero attached hydrogens (tertiary/aromatic N) is 1. The molecule has 2 aromatic rings. The summed E-state index contributed by atoms with van der Waals surface area (Å²) >= 11 is 0. The van der Waals surface area contributed by atoms with Gasteiger partial charge in [0.25, 0.3) is 11.8 Å². The second kappa shape index (κ2) is 9.54. The van der Waals surface area contributed by atoms with Gasteiger partial charge in [-0.2, -0.15) is 0 Å². The highest BCUT2D eigenvalue weighted by molar-refractivity contribution is 5.95. The molecule has 3 rings (SSSR count). The van der Waals surface area contributed by atoms with Crippen LogP contribution in [0.1, 0.15) is 59.1 Å². The van der Waals surface area contributed by atoms with E-state index in [0.29, 0.717) is 18.7 Å². The highest BCUT2D eigenvalue weighted by atomic mass is 19.1. The first-order valence-electron chi connectivity index (χ1n) is 9.97. The van der Waals surface area contributed by atoms with Crippen molar-refractivity contribution in [2.24, 2.45) is 5.92 Å². The maximum atomic E-state index is 14.2. The zero-order chi connectivity index (χ0) is 20.8. The SMILES string of the molecule is CCc1[nH]cnc1C(=O)N[C@@H]1CCC[C@H](CNC(=O)c2cccc(OC)c2F)C1. The molecule has 1 aliphatic carbocycles. The number of ether oxygens (including phenoxy) is 1. The van der Waals surface area contributed by atoms with E-state index in [9.17, 15) is 14.0 Å². The van der Waals surface area contributed by atoms with Crippen LogP contribution in [-0.2, 0) is 6.42 Å². The van der Waals surface area contributed by atoms with E-state index < -0.39 is 11.7 Å². The molecule has 1 heterocycles. The number of halogens is 1. The van der Waals surface area contributed by atoms with Crippen molar-refractivity contribution in [2.75, 3.05) is 13.7 Å². The number of H-pyrrole nitrogens is 1. The number of carbonyl (C=O) groups is 2. The summed E-state index contributed by atoms with van der Waals surface area (Å²) in [6.07, 6.45) is 5.81. The summed E-state index contributed by atoms with van der Waals surface area (Å²) in [7, 11) is 1.36. The van der Waals surface area contributed by atoms with Gasteiger partial charge in [0, 0.05) is 18.3 Å². The summed E-state index contributed by atoms with van der Waals surface area (Å²) in [5.74, 6) is -1.03. The van der Waals surface area contributed by atoms with Gasteiger partial charge in [-0.15, -0.1) is 0 Å².